The van der Waals surface area contributed by atoms with Gasteiger partial charge in [0.2, 0.25) is 0 Å². The molecule has 1 atom stereocenters. The largest absolute Gasteiger partial charge is 0.383 e. The summed E-state index contributed by atoms with van der Waals surface area (Å²) in [5, 5.41) is 14.4. The molecule has 0 aliphatic carbocycles. The maximum absolute atomic E-state index is 12.3. The van der Waals surface area contributed by atoms with Gasteiger partial charge in [-0.15, -0.1) is 0 Å². The van der Waals surface area contributed by atoms with Crippen LogP contribution in [0.2, 0.25) is 0 Å². The molecule has 0 bridgehead atoms. The molecule has 1 aliphatic heterocycles. The number of rotatable bonds is 2. The molecule has 20 heavy (non-hydrogen) atoms. The monoisotopic (exact) mass is 272 g/mol. The molecule has 2 heterocycles. The molecule has 1 aromatic carbocycles. The van der Waals surface area contributed by atoms with Gasteiger partial charge >= 0.3 is 0 Å². The number of likely N-dealkylation sites (tertiary alicyclic amines) is 1. The summed E-state index contributed by atoms with van der Waals surface area (Å²) < 4.78 is 4.92. The van der Waals surface area contributed by atoms with Crippen LogP contribution in [-0.4, -0.2) is 34.2 Å². The first-order valence-electron chi connectivity index (χ1n) is 6.59. The van der Waals surface area contributed by atoms with Crippen molar-refractivity contribution in [3.8, 4) is 0 Å². The molecule has 5 nitrogen and oxygen atoms in total. The van der Waals surface area contributed by atoms with Crippen molar-refractivity contribution < 1.29 is 14.4 Å². The molecule has 0 radical (unpaired) electrons. The van der Waals surface area contributed by atoms with E-state index in [0.717, 1.165) is 5.56 Å². The maximum Gasteiger partial charge on any atom is 0.276 e. The normalized spacial score (nSPS) is 22.2. The van der Waals surface area contributed by atoms with Crippen LogP contribution >= 0.6 is 0 Å². The molecule has 3 rings (SSSR count). The number of benzene rings is 1. The molecular formula is C15H16N2O3. The number of aromatic nitrogens is 1. The van der Waals surface area contributed by atoms with E-state index < -0.39 is 5.60 Å². The fourth-order valence-corrected chi connectivity index (χ4v) is 2.58. The van der Waals surface area contributed by atoms with Gasteiger partial charge in [-0.2, -0.15) is 0 Å². The van der Waals surface area contributed by atoms with Crippen molar-refractivity contribution in [2.75, 3.05) is 13.1 Å². The first-order valence-corrected chi connectivity index (χ1v) is 6.59. The highest BCUT2D eigenvalue weighted by atomic mass is 16.5. The second kappa shape index (κ2) is 4.76. The van der Waals surface area contributed by atoms with Gasteiger partial charge in [-0.1, -0.05) is 35.5 Å². The minimum atomic E-state index is -0.976. The average Bonchev–Trinajstić information content (AvgIpc) is 3.07. The third-order valence-electron chi connectivity index (χ3n) is 3.69. The van der Waals surface area contributed by atoms with E-state index in [9.17, 15) is 9.90 Å². The third-order valence-corrected chi connectivity index (χ3v) is 3.69. The lowest BCUT2D eigenvalue weighted by Gasteiger charge is -2.23. The molecule has 0 saturated carbocycles. The predicted molar refractivity (Wildman–Crippen MR) is 72.1 cm³/mol. The molecule has 1 N–H and O–H groups in total. The minimum Gasteiger partial charge on any atom is -0.383 e. The van der Waals surface area contributed by atoms with Gasteiger partial charge in [0.1, 0.15) is 11.4 Å². The van der Waals surface area contributed by atoms with E-state index in [1.165, 1.54) is 0 Å². The number of hydrogen-bond donors (Lipinski definition) is 1. The number of carbonyl (C=O) groups is 1. The second-order valence-corrected chi connectivity index (χ2v) is 5.20. The predicted octanol–water partition coefficient (Wildman–Crippen LogP) is 1.72. The van der Waals surface area contributed by atoms with Crippen LogP contribution < -0.4 is 0 Å². The Morgan fingerprint density at radius 2 is 2.15 bits per heavy atom. The van der Waals surface area contributed by atoms with Crippen LogP contribution in [0.4, 0.5) is 0 Å². The number of aryl methyl sites for hydroxylation is 1. The molecule has 1 aromatic heterocycles. The van der Waals surface area contributed by atoms with Crippen molar-refractivity contribution in [1.82, 2.24) is 10.1 Å². The van der Waals surface area contributed by atoms with Crippen LogP contribution in [0.5, 0.6) is 0 Å². The van der Waals surface area contributed by atoms with Gasteiger partial charge < -0.3 is 14.5 Å². The second-order valence-electron chi connectivity index (χ2n) is 5.20. The number of amides is 1. The van der Waals surface area contributed by atoms with Gasteiger partial charge in [0.25, 0.3) is 5.91 Å². The highest BCUT2D eigenvalue weighted by Crippen LogP contribution is 2.32. The van der Waals surface area contributed by atoms with E-state index in [0.29, 0.717) is 24.4 Å². The quantitative estimate of drug-likeness (QED) is 0.904. The van der Waals surface area contributed by atoms with Crippen LogP contribution in [0.1, 0.15) is 28.2 Å². The Balaban J connectivity index is 1.78. The molecule has 1 saturated heterocycles. The third kappa shape index (κ3) is 2.20. The number of β-amino-alcohol motifs (C(OH)–C–C–N with tert-alkyl or cyclic N) is 1. The fourth-order valence-electron chi connectivity index (χ4n) is 2.58. The minimum absolute atomic E-state index is 0.200. The lowest BCUT2D eigenvalue weighted by Crippen LogP contribution is -2.34. The standard InChI is InChI=1S/C15H16N2O3/c1-11-9-13(16-20-11)14(18)17-8-7-15(19,10-17)12-5-3-2-4-6-12/h2-6,9,19H,7-8,10H2,1H3. The molecular weight excluding hydrogens is 256 g/mol. The summed E-state index contributed by atoms with van der Waals surface area (Å²) in [4.78, 5) is 13.9. The lowest BCUT2D eigenvalue weighted by molar-refractivity contribution is 0.0414. The van der Waals surface area contributed by atoms with Crippen LogP contribution in [0.3, 0.4) is 0 Å². The van der Waals surface area contributed by atoms with Crippen molar-refractivity contribution >= 4 is 5.91 Å². The smallest absolute Gasteiger partial charge is 0.276 e. The zero-order chi connectivity index (χ0) is 14.2. The summed E-state index contributed by atoms with van der Waals surface area (Å²) >= 11 is 0. The number of carbonyl (C=O) groups excluding carboxylic acids is 1. The van der Waals surface area contributed by atoms with Crippen molar-refractivity contribution in [1.29, 1.82) is 0 Å². The SMILES string of the molecule is Cc1cc(C(=O)N2CCC(O)(c3ccccc3)C2)no1. The molecule has 0 spiro atoms. The summed E-state index contributed by atoms with van der Waals surface area (Å²) in [6, 6.07) is 11.1. The van der Waals surface area contributed by atoms with E-state index in [4.69, 9.17) is 4.52 Å². The number of nitrogens with zero attached hydrogens (tertiary/aromatic N) is 2. The topological polar surface area (TPSA) is 66.6 Å². The molecule has 1 aliphatic rings. The zero-order valence-electron chi connectivity index (χ0n) is 11.2. The zero-order valence-corrected chi connectivity index (χ0v) is 11.2. The Bertz CT molecular complexity index is 623. The van der Waals surface area contributed by atoms with Gasteiger partial charge in [0, 0.05) is 12.6 Å². The van der Waals surface area contributed by atoms with E-state index in [-0.39, 0.29) is 12.5 Å². The average molecular weight is 272 g/mol. The molecule has 1 amide bonds. The van der Waals surface area contributed by atoms with Gasteiger partial charge in [-0.3, -0.25) is 4.79 Å². The Hall–Kier alpha value is -2.14. The highest BCUT2D eigenvalue weighted by molar-refractivity contribution is 5.92. The van der Waals surface area contributed by atoms with E-state index >= 15 is 0 Å². The van der Waals surface area contributed by atoms with Crippen molar-refractivity contribution in [2.45, 2.75) is 18.9 Å². The number of aliphatic hydroxyl groups is 1. The molecule has 1 fully saturated rings. The Morgan fingerprint density at radius 3 is 2.80 bits per heavy atom. The Morgan fingerprint density at radius 1 is 1.40 bits per heavy atom. The van der Waals surface area contributed by atoms with Crippen LogP contribution in [0.15, 0.2) is 40.9 Å². The van der Waals surface area contributed by atoms with E-state index in [1.54, 1.807) is 17.9 Å². The van der Waals surface area contributed by atoms with Crippen molar-refractivity contribution in [2.24, 2.45) is 0 Å². The van der Waals surface area contributed by atoms with Crippen LogP contribution in [-0.2, 0) is 5.60 Å². The summed E-state index contributed by atoms with van der Waals surface area (Å²) in [6.45, 7) is 2.53. The van der Waals surface area contributed by atoms with E-state index in [1.807, 2.05) is 30.3 Å². The van der Waals surface area contributed by atoms with E-state index in [2.05, 4.69) is 5.16 Å². The molecule has 104 valence electrons. The van der Waals surface area contributed by atoms with Gasteiger partial charge in [0.05, 0.1) is 6.54 Å². The summed E-state index contributed by atoms with van der Waals surface area (Å²) in [5.74, 6) is 0.402. The highest BCUT2D eigenvalue weighted by Gasteiger charge is 2.40. The summed E-state index contributed by atoms with van der Waals surface area (Å²) in [7, 11) is 0. The molecule has 1 unspecified atom stereocenters. The van der Waals surface area contributed by atoms with Crippen molar-refractivity contribution in [3.05, 3.63) is 53.4 Å². The van der Waals surface area contributed by atoms with Gasteiger partial charge in [-0.25, -0.2) is 0 Å². The van der Waals surface area contributed by atoms with Crippen molar-refractivity contribution in [3.63, 3.8) is 0 Å². The first kappa shape index (κ1) is 12.9. The Kier molecular flexibility index (Phi) is 3.06. The lowest BCUT2D eigenvalue weighted by atomic mass is 9.93. The Labute approximate surface area is 116 Å². The van der Waals surface area contributed by atoms with Crippen LogP contribution in [0.25, 0.3) is 0 Å². The summed E-state index contributed by atoms with van der Waals surface area (Å²) in [6.07, 6.45) is 0.527. The molecule has 2 aromatic rings. The number of hydrogen-bond acceptors (Lipinski definition) is 4. The summed E-state index contributed by atoms with van der Waals surface area (Å²) in [5.41, 5.74) is 0.154. The van der Waals surface area contributed by atoms with Crippen LogP contribution in [0, 0.1) is 6.92 Å². The van der Waals surface area contributed by atoms with Gasteiger partial charge in [0.15, 0.2) is 5.69 Å². The van der Waals surface area contributed by atoms with Gasteiger partial charge in [-0.05, 0) is 18.9 Å². The fraction of sp³-hybridized carbons (Fsp3) is 0.333. The molecule has 5 heteroatoms. The first-order chi connectivity index (χ1) is 9.58. The maximum atomic E-state index is 12.3.